The third-order valence-electron chi connectivity index (χ3n) is 5.40. The molecule has 0 radical (unpaired) electrons. The van der Waals surface area contributed by atoms with E-state index in [1.807, 2.05) is 67.6 Å². The fourth-order valence-corrected chi connectivity index (χ4v) is 4.54. The first-order valence-corrected chi connectivity index (χ1v) is 11.9. The van der Waals surface area contributed by atoms with Gasteiger partial charge in [0, 0.05) is 10.9 Å². The quantitative estimate of drug-likeness (QED) is 0.546. The van der Waals surface area contributed by atoms with Crippen LogP contribution in [0.2, 0.25) is 0 Å². The molecule has 5 nitrogen and oxygen atoms in total. The summed E-state index contributed by atoms with van der Waals surface area (Å²) in [6, 6.07) is 26.3. The standard InChI is InChI=1S/C17H19NO.C7H7ClNO2S.Na/c19-17(16-12-7-13-18-16,14-8-3-1-4-9-14)15-10-5-2-6-11-15;1-6-2-4-7(5-3-6)12(10,11)9-8;/h1-6,8-11,16,18-19H,7,12-13H2;2-5H,1H3;/q;-1;+1. The van der Waals surface area contributed by atoms with Gasteiger partial charge in [-0.05, 0) is 49.6 Å². The average molecular weight is 481 g/mol. The van der Waals surface area contributed by atoms with Gasteiger partial charge in [0.15, 0.2) is 0 Å². The van der Waals surface area contributed by atoms with Gasteiger partial charge < -0.3 is 14.7 Å². The van der Waals surface area contributed by atoms with Crippen LogP contribution in [0, 0.1) is 6.92 Å². The molecule has 3 aromatic carbocycles. The summed E-state index contributed by atoms with van der Waals surface area (Å²) >= 11 is 4.90. The molecule has 1 aliphatic heterocycles. The van der Waals surface area contributed by atoms with E-state index in [1.165, 1.54) is 12.1 Å². The largest absolute Gasteiger partial charge is 1.00 e. The second kappa shape index (κ2) is 12.3. The Bertz CT molecular complexity index is 1020. The van der Waals surface area contributed by atoms with E-state index in [1.54, 1.807) is 12.1 Å². The summed E-state index contributed by atoms with van der Waals surface area (Å²) in [6.45, 7) is 2.85. The van der Waals surface area contributed by atoms with E-state index in [2.05, 4.69) is 9.56 Å². The molecule has 8 heteroatoms. The third kappa shape index (κ3) is 6.43. The minimum Gasteiger partial charge on any atom is -0.458 e. The fourth-order valence-electron chi connectivity index (χ4n) is 3.74. The molecule has 0 aromatic heterocycles. The number of aryl methyl sites for hydroxylation is 1. The van der Waals surface area contributed by atoms with E-state index in [0.29, 0.717) is 0 Å². The molecular formula is C24H26ClN2NaO3S. The summed E-state index contributed by atoms with van der Waals surface area (Å²) in [5.74, 6) is 0. The zero-order valence-electron chi connectivity index (χ0n) is 18.3. The maximum Gasteiger partial charge on any atom is 1.00 e. The Labute approximate surface area is 217 Å². The van der Waals surface area contributed by atoms with E-state index >= 15 is 0 Å². The monoisotopic (exact) mass is 480 g/mol. The van der Waals surface area contributed by atoms with E-state index in [4.69, 9.17) is 11.8 Å². The Morgan fingerprint density at radius 1 is 0.938 bits per heavy atom. The zero-order chi connectivity index (χ0) is 22.3. The van der Waals surface area contributed by atoms with Crippen molar-refractivity contribution in [1.82, 2.24) is 5.32 Å². The van der Waals surface area contributed by atoms with Gasteiger partial charge in [-0.2, -0.15) is 0 Å². The van der Waals surface area contributed by atoms with Crippen molar-refractivity contribution in [2.45, 2.75) is 36.3 Å². The Balaban J connectivity index is 0.000000244. The number of aliphatic hydroxyl groups is 1. The number of nitrogens with one attached hydrogen (secondary N) is 1. The van der Waals surface area contributed by atoms with Crippen LogP contribution in [0.1, 0.15) is 29.5 Å². The van der Waals surface area contributed by atoms with Crippen molar-refractivity contribution < 1.29 is 43.1 Å². The van der Waals surface area contributed by atoms with Crippen molar-refractivity contribution in [2.24, 2.45) is 0 Å². The molecule has 0 aliphatic carbocycles. The minimum atomic E-state index is -3.62. The SMILES string of the molecule is Cc1ccc(S(=O)(=O)[N-]Cl)cc1.OC(c1ccccc1)(c1ccccc1)C1CCCN1.[Na+]. The molecule has 2 N–H and O–H groups in total. The van der Waals surface area contributed by atoms with Gasteiger partial charge >= 0.3 is 29.6 Å². The molecule has 1 aliphatic rings. The fraction of sp³-hybridized carbons (Fsp3) is 0.250. The Morgan fingerprint density at radius 3 is 1.84 bits per heavy atom. The van der Waals surface area contributed by atoms with Gasteiger partial charge in [-0.1, -0.05) is 78.4 Å². The average Bonchev–Trinajstić information content (AvgIpc) is 3.36. The van der Waals surface area contributed by atoms with Gasteiger partial charge in [0.2, 0.25) is 0 Å². The molecule has 164 valence electrons. The first-order valence-electron chi connectivity index (χ1n) is 10.1. The van der Waals surface area contributed by atoms with Gasteiger partial charge in [0.05, 0.1) is 0 Å². The van der Waals surface area contributed by atoms with Crippen LogP contribution in [0.5, 0.6) is 0 Å². The van der Waals surface area contributed by atoms with Crippen LogP contribution in [0.15, 0.2) is 89.8 Å². The first-order chi connectivity index (χ1) is 14.9. The molecule has 0 bridgehead atoms. The maximum absolute atomic E-state index is 11.4. The van der Waals surface area contributed by atoms with Crippen LogP contribution in [0.3, 0.4) is 0 Å². The van der Waals surface area contributed by atoms with Crippen LogP contribution in [0.25, 0.3) is 4.24 Å². The van der Waals surface area contributed by atoms with Gasteiger partial charge in [-0.15, -0.1) is 0 Å². The summed E-state index contributed by atoms with van der Waals surface area (Å²) in [6.07, 6.45) is 2.12. The van der Waals surface area contributed by atoms with E-state index in [0.717, 1.165) is 36.1 Å². The molecule has 1 saturated heterocycles. The van der Waals surface area contributed by atoms with Crippen LogP contribution >= 0.6 is 11.8 Å². The van der Waals surface area contributed by atoms with Crippen molar-refractivity contribution in [2.75, 3.05) is 6.54 Å². The normalized spacial score (nSPS) is 15.9. The van der Waals surface area contributed by atoms with Crippen LogP contribution in [-0.2, 0) is 15.6 Å². The summed E-state index contributed by atoms with van der Waals surface area (Å²) < 4.78 is 24.8. The Kier molecular flexibility index (Phi) is 10.4. The molecule has 1 unspecified atom stereocenters. The zero-order valence-corrected chi connectivity index (χ0v) is 21.9. The van der Waals surface area contributed by atoms with Gasteiger partial charge in [0.1, 0.15) is 15.6 Å². The van der Waals surface area contributed by atoms with Crippen molar-refractivity contribution >= 4 is 21.8 Å². The second-order valence-electron chi connectivity index (χ2n) is 7.50. The number of nitrogens with zero attached hydrogens (tertiary/aromatic N) is 1. The van der Waals surface area contributed by atoms with Crippen molar-refractivity contribution in [3.8, 4) is 0 Å². The molecule has 3 aromatic rings. The molecule has 0 spiro atoms. The topological polar surface area (TPSA) is 80.5 Å². The molecule has 1 fully saturated rings. The molecule has 32 heavy (non-hydrogen) atoms. The van der Waals surface area contributed by atoms with Gasteiger partial charge in [0.25, 0.3) is 0 Å². The summed E-state index contributed by atoms with van der Waals surface area (Å²) in [4.78, 5) is 0.114. The third-order valence-corrected chi connectivity index (χ3v) is 7.00. The van der Waals surface area contributed by atoms with Crippen molar-refractivity contribution in [3.05, 3.63) is 106 Å². The number of sulfonamides is 1. The van der Waals surface area contributed by atoms with E-state index in [9.17, 15) is 13.5 Å². The predicted octanol–water partition coefficient (Wildman–Crippen LogP) is 1.89. The van der Waals surface area contributed by atoms with E-state index < -0.39 is 15.6 Å². The first kappa shape index (κ1) is 27.0. The number of hydrogen-bond acceptors (Lipinski definition) is 4. The summed E-state index contributed by atoms with van der Waals surface area (Å²) in [5, 5.41) is 14.8. The maximum atomic E-state index is 11.4. The molecule has 1 atom stereocenters. The summed E-state index contributed by atoms with van der Waals surface area (Å²) in [5.41, 5.74) is 1.96. The minimum absolute atomic E-state index is 0. The molecule has 0 amide bonds. The molecule has 0 saturated carbocycles. The van der Waals surface area contributed by atoms with Gasteiger partial charge in [-0.3, -0.25) is 11.8 Å². The number of rotatable bonds is 5. The molecule has 4 rings (SSSR count). The van der Waals surface area contributed by atoms with Crippen molar-refractivity contribution in [1.29, 1.82) is 0 Å². The second-order valence-corrected chi connectivity index (χ2v) is 9.48. The molecular weight excluding hydrogens is 455 g/mol. The Morgan fingerprint density at radius 2 is 1.44 bits per heavy atom. The smallest absolute Gasteiger partial charge is 0.458 e. The van der Waals surface area contributed by atoms with E-state index in [-0.39, 0.29) is 40.5 Å². The number of hydrogen-bond donors (Lipinski definition) is 2. The predicted molar refractivity (Wildman–Crippen MR) is 124 cm³/mol. The summed E-state index contributed by atoms with van der Waals surface area (Å²) in [7, 11) is -3.62. The van der Waals surface area contributed by atoms with Crippen molar-refractivity contribution in [3.63, 3.8) is 0 Å². The van der Waals surface area contributed by atoms with Crippen LogP contribution < -0.4 is 34.9 Å². The molecule has 1 heterocycles. The number of benzene rings is 3. The Hall–Kier alpha value is -1.22. The number of halogens is 1. The van der Waals surface area contributed by atoms with Crippen LogP contribution in [0.4, 0.5) is 0 Å². The van der Waals surface area contributed by atoms with Crippen LogP contribution in [-0.4, -0.2) is 26.1 Å². The van der Waals surface area contributed by atoms with Gasteiger partial charge in [-0.25, -0.2) is 8.42 Å².